The number of rotatable bonds is 9. The van der Waals surface area contributed by atoms with Crippen molar-refractivity contribution in [2.45, 2.75) is 46.6 Å². The summed E-state index contributed by atoms with van der Waals surface area (Å²) in [4.78, 5) is 26.1. The van der Waals surface area contributed by atoms with Gasteiger partial charge >= 0.3 is 5.97 Å². The van der Waals surface area contributed by atoms with Crippen molar-refractivity contribution in [3.63, 3.8) is 0 Å². The first-order valence-electron chi connectivity index (χ1n) is 8.37. The van der Waals surface area contributed by atoms with Crippen molar-refractivity contribution in [3.8, 4) is 0 Å². The Morgan fingerprint density at radius 3 is 2.39 bits per heavy atom. The standard InChI is InChI=1S/C19H29NO3/c1-5-9-15(2)12-18(21)20(13-16(3)19(22)23-4)14-17-10-7-6-8-11-17/h6-8,10-11,15-16H,5,9,12-14H2,1-4H3. The van der Waals surface area contributed by atoms with Gasteiger partial charge in [-0.2, -0.15) is 0 Å². The average molecular weight is 319 g/mol. The molecule has 0 heterocycles. The fraction of sp³-hybridized carbons (Fsp3) is 0.579. The van der Waals surface area contributed by atoms with E-state index in [4.69, 9.17) is 4.74 Å². The van der Waals surface area contributed by atoms with E-state index in [1.54, 1.807) is 11.8 Å². The van der Waals surface area contributed by atoms with Crippen LogP contribution in [-0.2, 0) is 20.9 Å². The van der Waals surface area contributed by atoms with E-state index < -0.39 is 0 Å². The van der Waals surface area contributed by atoms with E-state index in [9.17, 15) is 9.59 Å². The van der Waals surface area contributed by atoms with Crippen molar-refractivity contribution in [1.82, 2.24) is 4.90 Å². The van der Waals surface area contributed by atoms with Gasteiger partial charge in [0, 0.05) is 19.5 Å². The van der Waals surface area contributed by atoms with Crippen molar-refractivity contribution in [2.75, 3.05) is 13.7 Å². The van der Waals surface area contributed by atoms with Crippen LogP contribution in [-0.4, -0.2) is 30.4 Å². The van der Waals surface area contributed by atoms with Gasteiger partial charge < -0.3 is 9.64 Å². The molecule has 0 aliphatic carbocycles. The number of carbonyl (C=O) groups is 2. The summed E-state index contributed by atoms with van der Waals surface area (Å²) in [5.74, 6) is -0.142. The lowest BCUT2D eigenvalue weighted by atomic mass is 10.0. The minimum atomic E-state index is -0.325. The molecule has 4 heteroatoms. The molecular formula is C19H29NO3. The Labute approximate surface area is 139 Å². The van der Waals surface area contributed by atoms with Crippen LogP contribution in [0.1, 0.15) is 45.6 Å². The van der Waals surface area contributed by atoms with Gasteiger partial charge in [0.1, 0.15) is 0 Å². The summed E-state index contributed by atoms with van der Waals surface area (Å²) in [6, 6.07) is 9.87. The molecule has 2 atom stereocenters. The predicted octanol–water partition coefficient (Wildman–Crippen LogP) is 3.65. The SMILES string of the molecule is CCCC(C)CC(=O)N(Cc1ccccc1)CC(C)C(=O)OC. The molecule has 0 fully saturated rings. The zero-order valence-electron chi connectivity index (χ0n) is 14.7. The van der Waals surface area contributed by atoms with Gasteiger partial charge in [0.05, 0.1) is 13.0 Å². The summed E-state index contributed by atoms with van der Waals surface area (Å²) in [6.07, 6.45) is 2.64. The van der Waals surface area contributed by atoms with Gasteiger partial charge in [-0.1, -0.05) is 63.9 Å². The first-order valence-corrected chi connectivity index (χ1v) is 8.37. The van der Waals surface area contributed by atoms with Crippen molar-refractivity contribution in [1.29, 1.82) is 0 Å². The Balaban J connectivity index is 2.78. The second-order valence-corrected chi connectivity index (χ2v) is 6.28. The third-order valence-electron chi connectivity index (χ3n) is 3.97. The maximum absolute atomic E-state index is 12.7. The average Bonchev–Trinajstić information content (AvgIpc) is 2.54. The molecule has 0 N–H and O–H groups in total. The van der Waals surface area contributed by atoms with Gasteiger partial charge in [0.15, 0.2) is 0 Å². The Bertz CT molecular complexity index is 487. The van der Waals surface area contributed by atoms with Crippen LogP contribution in [0.25, 0.3) is 0 Å². The molecule has 1 aromatic carbocycles. The number of hydrogen-bond acceptors (Lipinski definition) is 3. The van der Waals surface area contributed by atoms with Gasteiger partial charge in [0.2, 0.25) is 5.91 Å². The lowest BCUT2D eigenvalue weighted by molar-refractivity contribution is -0.146. The summed E-state index contributed by atoms with van der Waals surface area (Å²) in [7, 11) is 1.38. The maximum Gasteiger partial charge on any atom is 0.310 e. The number of ether oxygens (including phenoxy) is 1. The first kappa shape index (κ1) is 19.2. The van der Waals surface area contributed by atoms with Crippen LogP contribution in [0.5, 0.6) is 0 Å². The molecule has 0 spiro atoms. The molecule has 0 aliphatic rings. The summed E-state index contributed by atoms with van der Waals surface area (Å²) in [5, 5.41) is 0. The fourth-order valence-corrected chi connectivity index (χ4v) is 2.69. The molecule has 1 aromatic rings. The molecule has 0 radical (unpaired) electrons. The lowest BCUT2D eigenvalue weighted by Crippen LogP contribution is -2.37. The van der Waals surface area contributed by atoms with Crippen molar-refractivity contribution < 1.29 is 14.3 Å². The molecule has 2 unspecified atom stereocenters. The Morgan fingerprint density at radius 1 is 1.17 bits per heavy atom. The van der Waals surface area contributed by atoms with Crippen LogP contribution in [0.3, 0.4) is 0 Å². The number of hydrogen-bond donors (Lipinski definition) is 0. The quantitative estimate of drug-likeness (QED) is 0.653. The fourth-order valence-electron chi connectivity index (χ4n) is 2.69. The van der Waals surface area contributed by atoms with Crippen LogP contribution >= 0.6 is 0 Å². The number of amides is 1. The Kier molecular flexibility index (Phi) is 8.38. The number of nitrogens with zero attached hydrogens (tertiary/aromatic N) is 1. The zero-order valence-corrected chi connectivity index (χ0v) is 14.7. The highest BCUT2D eigenvalue weighted by Crippen LogP contribution is 2.15. The topological polar surface area (TPSA) is 46.6 Å². The molecule has 0 saturated heterocycles. The van der Waals surface area contributed by atoms with E-state index in [-0.39, 0.29) is 17.8 Å². The van der Waals surface area contributed by atoms with Crippen LogP contribution in [0.4, 0.5) is 0 Å². The van der Waals surface area contributed by atoms with Gasteiger partial charge in [-0.15, -0.1) is 0 Å². The molecule has 0 saturated carbocycles. The molecule has 1 amide bonds. The van der Waals surface area contributed by atoms with E-state index in [0.29, 0.717) is 25.4 Å². The van der Waals surface area contributed by atoms with Gasteiger partial charge in [-0.25, -0.2) is 0 Å². The summed E-state index contributed by atoms with van der Waals surface area (Å²) in [5.41, 5.74) is 1.07. The summed E-state index contributed by atoms with van der Waals surface area (Å²) < 4.78 is 4.79. The van der Waals surface area contributed by atoms with E-state index in [0.717, 1.165) is 18.4 Å². The zero-order chi connectivity index (χ0) is 17.2. The Morgan fingerprint density at radius 2 is 1.83 bits per heavy atom. The van der Waals surface area contributed by atoms with E-state index in [2.05, 4.69) is 13.8 Å². The van der Waals surface area contributed by atoms with E-state index in [1.807, 2.05) is 30.3 Å². The third kappa shape index (κ3) is 6.85. The first-order chi connectivity index (χ1) is 11.0. The van der Waals surface area contributed by atoms with Gasteiger partial charge in [-0.05, 0) is 11.5 Å². The maximum atomic E-state index is 12.7. The van der Waals surface area contributed by atoms with Gasteiger partial charge in [0.25, 0.3) is 0 Å². The molecule has 0 aliphatic heterocycles. The predicted molar refractivity (Wildman–Crippen MR) is 91.7 cm³/mol. The normalized spacial score (nSPS) is 13.2. The van der Waals surface area contributed by atoms with Gasteiger partial charge in [-0.3, -0.25) is 9.59 Å². The van der Waals surface area contributed by atoms with Crippen LogP contribution in [0.15, 0.2) is 30.3 Å². The second kappa shape index (κ2) is 10.0. The molecule has 23 heavy (non-hydrogen) atoms. The number of esters is 1. The molecule has 0 aromatic heterocycles. The smallest absolute Gasteiger partial charge is 0.310 e. The number of benzene rings is 1. The minimum Gasteiger partial charge on any atom is -0.469 e. The summed E-state index contributed by atoms with van der Waals surface area (Å²) >= 11 is 0. The molecule has 128 valence electrons. The van der Waals surface area contributed by atoms with Crippen molar-refractivity contribution in [2.24, 2.45) is 11.8 Å². The molecule has 0 bridgehead atoms. The minimum absolute atomic E-state index is 0.102. The molecule has 1 rings (SSSR count). The van der Waals surface area contributed by atoms with Crippen molar-refractivity contribution >= 4 is 11.9 Å². The summed E-state index contributed by atoms with van der Waals surface area (Å²) in [6.45, 7) is 6.94. The molecular weight excluding hydrogens is 290 g/mol. The van der Waals surface area contributed by atoms with Crippen molar-refractivity contribution in [3.05, 3.63) is 35.9 Å². The number of carbonyl (C=O) groups excluding carboxylic acids is 2. The monoisotopic (exact) mass is 319 g/mol. The third-order valence-corrected chi connectivity index (χ3v) is 3.97. The molecule has 4 nitrogen and oxygen atoms in total. The van der Waals surface area contributed by atoms with Crippen LogP contribution < -0.4 is 0 Å². The lowest BCUT2D eigenvalue weighted by Gasteiger charge is -2.26. The van der Waals surface area contributed by atoms with Crippen LogP contribution in [0, 0.1) is 11.8 Å². The van der Waals surface area contributed by atoms with Crippen LogP contribution in [0.2, 0.25) is 0 Å². The van der Waals surface area contributed by atoms with E-state index >= 15 is 0 Å². The highest BCUT2D eigenvalue weighted by atomic mass is 16.5. The second-order valence-electron chi connectivity index (χ2n) is 6.28. The van der Waals surface area contributed by atoms with E-state index in [1.165, 1.54) is 7.11 Å². The Hall–Kier alpha value is -1.84. The number of methoxy groups -OCH3 is 1. The highest BCUT2D eigenvalue weighted by Gasteiger charge is 2.22. The largest absolute Gasteiger partial charge is 0.469 e. The highest BCUT2D eigenvalue weighted by molar-refractivity contribution is 5.78.